The molecule has 38 heavy (non-hydrogen) atoms. The first-order valence-electron chi connectivity index (χ1n) is 13.0. The zero-order valence-corrected chi connectivity index (χ0v) is 21.8. The number of carbonyl (C=O) groups excluding carboxylic acids is 1. The summed E-state index contributed by atoms with van der Waals surface area (Å²) in [5, 5.41) is 1.13. The number of hydrogen-bond donors (Lipinski definition) is 1. The van der Waals surface area contributed by atoms with Crippen LogP contribution < -0.4 is 4.74 Å². The number of carbonyl (C=O) groups is 1. The summed E-state index contributed by atoms with van der Waals surface area (Å²) in [6.07, 6.45) is 0.528. The lowest BCUT2D eigenvalue weighted by Gasteiger charge is -2.40. The van der Waals surface area contributed by atoms with E-state index in [1.165, 1.54) is 0 Å². The molecule has 0 saturated carbocycles. The number of nitrogens with zero attached hydrogens (tertiary/aromatic N) is 2. The number of fused-ring (bicyclic) bond motifs is 3. The number of rotatable bonds is 14. The van der Waals surface area contributed by atoms with Gasteiger partial charge in [-0.05, 0) is 50.5 Å². The summed E-state index contributed by atoms with van der Waals surface area (Å²) in [5.74, 6) is 0.208. The van der Waals surface area contributed by atoms with Gasteiger partial charge < -0.3 is 23.9 Å². The summed E-state index contributed by atoms with van der Waals surface area (Å²) in [5.41, 5.74) is 3.77. The number of benzene rings is 1. The number of pyridine rings is 1. The molecule has 0 aliphatic carbocycles. The highest BCUT2D eigenvalue weighted by Crippen LogP contribution is 2.40. The topological polar surface area (TPSA) is 85.9 Å². The van der Waals surface area contributed by atoms with E-state index in [9.17, 15) is 13.6 Å². The lowest BCUT2D eigenvalue weighted by atomic mass is 9.90. The van der Waals surface area contributed by atoms with Crippen LogP contribution in [0, 0.1) is 0 Å². The third kappa shape index (κ3) is 7.06. The predicted molar refractivity (Wildman–Crippen MR) is 139 cm³/mol. The highest BCUT2D eigenvalue weighted by atomic mass is 19.3. The molecule has 0 unspecified atom stereocenters. The van der Waals surface area contributed by atoms with Gasteiger partial charge in [-0.3, -0.25) is 9.88 Å². The summed E-state index contributed by atoms with van der Waals surface area (Å²) in [6.45, 7) is 5.32. The summed E-state index contributed by atoms with van der Waals surface area (Å²) in [6, 6.07) is 11.2. The first-order valence-corrected chi connectivity index (χ1v) is 13.0. The minimum atomic E-state index is -2.45. The molecule has 0 saturated heterocycles. The molecule has 3 heterocycles. The number of aromatic amines is 1. The summed E-state index contributed by atoms with van der Waals surface area (Å²) < 4.78 is 48.4. The molecule has 4 rings (SSSR count). The Balaban J connectivity index is 1.32. The molecule has 0 spiro atoms. The summed E-state index contributed by atoms with van der Waals surface area (Å²) in [7, 11) is 0. The van der Waals surface area contributed by atoms with E-state index in [1.807, 2.05) is 42.2 Å². The Hall–Kier alpha value is -3.08. The number of alkyl halides is 2. The molecule has 1 aliphatic heterocycles. The summed E-state index contributed by atoms with van der Waals surface area (Å²) >= 11 is 0. The number of halogens is 2. The maximum atomic E-state index is 13.5. The molecule has 2 aromatic heterocycles. The molecule has 0 fully saturated rings. The minimum absolute atomic E-state index is 0.0544. The average Bonchev–Trinajstić information content (AvgIpc) is 3.26. The fourth-order valence-electron chi connectivity index (χ4n) is 4.85. The Labute approximate surface area is 221 Å². The van der Waals surface area contributed by atoms with Crippen LogP contribution in [0.2, 0.25) is 0 Å². The van der Waals surface area contributed by atoms with Gasteiger partial charge in [-0.2, -0.15) is 0 Å². The first kappa shape index (κ1) is 27.9. The smallest absolute Gasteiger partial charge is 0.332 e. The van der Waals surface area contributed by atoms with Crippen LogP contribution in [-0.2, 0) is 25.4 Å². The van der Waals surface area contributed by atoms with E-state index in [0.717, 1.165) is 22.2 Å². The minimum Gasteiger partial charge on any atom is -0.490 e. The summed E-state index contributed by atoms with van der Waals surface area (Å²) in [4.78, 5) is 21.1. The zero-order valence-electron chi connectivity index (χ0n) is 21.8. The average molecular weight is 532 g/mol. The van der Waals surface area contributed by atoms with Gasteiger partial charge in [-0.1, -0.05) is 18.2 Å². The number of H-pyrrole nitrogens is 1. The van der Waals surface area contributed by atoms with Gasteiger partial charge in [0.05, 0.1) is 37.7 Å². The molecule has 1 N–H and O–H groups in total. The second kappa shape index (κ2) is 13.6. The van der Waals surface area contributed by atoms with Crippen LogP contribution in [0.25, 0.3) is 10.9 Å². The van der Waals surface area contributed by atoms with Crippen molar-refractivity contribution in [2.45, 2.75) is 45.2 Å². The number of aromatic nitrogens is 2. The monoisotopic (exact) mass is 531 g/mol. The molecule has 0 bridgehead atoms. The SMILES string of the molecule is CCOC(=O)COCCCOCCOc1ccc([C@@H]2c3[nH]c4ccccc4c3C[C@@H](C)N2CC(F)F)nc1. The molecule has 8 nitrogen and oxygen atoms in total. The molecule has 1 aliphatic rings. The van der Waals surface area contributed by atoms with Crippen LogP contribution in [0.4, 0.5) is 8.78 Å². The molecule has 0 amide bonds. The van der Waals surface area contributed by atoms with Crippen molar-refractivity contribution in [3.8, 4) is 5.75 Å². The fraction of sp³-hybridized carbons (Fsp3) is 0.500. The highest BCUT2D eigenvalue weighted by molar-refractivity contribution is 5.85. The Morgan fingerprint density at radius 3 is 2.71 bits per heavy atom. The van der Waals surface area contributed by atoms with Gasteiger partial charge >= 0.3 is 5.97 Å². The van der Waals surface area contributed by atoms with E-state index < -0.39 is 12.5 Å². The number of esters is 1. The molecular formula is C28H35F2N3O5. The van der Waals surface area contributed by atoms with Gasteiger partial charge in [0.2, 0.25) is 0 Å². The quantitative estimate of drug-likeness (QED) is 0.242. The van der Waals surface area contributed by atoms with E-state index in [4.69, 9.17) is 18.9 Å². The van der Waals surface area contributed by atoms with Gasteiger partial charge in [0.1, 0.15) is 19.0 Å². The second-order valence-corrected chi connectivity index (χ2v) is 9.20. The van der Waals surface area contributed by atoms with Crippen molar-refractivity contribution in [3.63, 3.8) is 0 Å². The van der Waals surface area contributed by atoms with Crippen LogP contribution in [-0.4, -0.2) is 79.5 Å². The van der Waals surface area contributed by atoms with E-state index in [-0.39, 0.29) is 25.2 Å². The largest absolute Gasteiger partial charge is 0.490 e. The second-order valence-electron chi connectivity index (χ2n) is 9.20. The Kier molecular flexibility index (Phi) is 10.0. The molecule has 2 atom stereocenters. The van der Waals surface area contributed by atoms with E-state index >= 15 is 0 Å². The van der Waals surface area contributed by atoms with Gasteiger partial charge in [0.15, 0.2) is 0 Å². The van der Waals surface area contributed by atoms with Crippen molar-refractivity contribution in [1.82, 2.24) is 14.9 Å². The molecule has 206 valence electrons. The number of ether oxygens (including phenoxy) is 4. The van der Waals surface area contributed by atoms with Crippen molar-refractivity contribution in [3.05, 3.63) is 59.5 Å². The number of hydrogen-bond acceptors (Lipinski definition) is 7. The van der Waals surface area contributed by atoms with Crippen molar-refractivity contribution in [2.75, 3.05) is 46.2 Å². The van der Waals surface area contributed by atoms with Gasteiger partial charge in [0.25, 0.3) is 6.43 Å². The Morgan fingerprint density at radius 1 is 1.13 bits per heavy atom. The van der Waals surface area contributed by atoms with Crippen LogP contribution in [0.15, 0.2) is 42.6 Å². The molecule has 1 aromatic carbocycles. The fourth-order valence-corrected chi connectivity index (χ4v) is 4.85. The maximum Gasteiger partial charge on any atom is 0.332 e. The van der Waals surface area contributed by atoms with Crippen LogP contribution >= 0.6 is 0 Å². The van der Waals surface area contributed by atoms with Crippen LogP contribution in [0.3, 0.4) is 0 Å². The number of para-hydroxylation sites is 1. The molecule has 10 heteroatoms. The maximum absolute atomic E-state index is 13.5. The van der Waals surface area contributed by atoms with Gasteiger partial charge in [-0.15, -0.1) is 0 Å². The standard InChI is InChI=1S/C28H35F2N3O5/c1-3-37-26(34)18-36-12-6-11-35-13-14-38-20-9-10-24(31-16-20)28-27-22(15-19(2)33(28)17-25(29)30)21-7-4-5-8-23(21)32-27/h4-5,7-10,16,19,25,28,32H,3,6,11-15,17-18H2,1-2H3/t19-,28-/m1/s1. The Morgan fingerprint density at radius 2 is 1.95 bits per heavy atom. The first-order chi connectivity index (χ1) is 18.5. The van der Waals surface area contributed by atoms with Crippen LogP contribution in [0.1, 0.15) is 43.3 Å². The van der Waals surface area contributed by atoms with Crippen molar-refractivity contribution in [1.29, 1.82) is 0 Å². The van der Waals surface area contributed by atoms with E-state index in [0.29, 0.717) is 57.3 Å². The lowest BCUT2D eigenvalue weighted by molar-refractivity contribution is -0.148. The van der Waals surface area contributed by atoms with E-state index in [2.05, 4.69) is 16.0 Å². The van der Waals surface area contributed by atoms with Crippen molar-refractivity contribution < 1.29 is 32.5 Å². The van der Waals surface area contributed by atoms with E-state index in [1.54, 1.807) is 13.1 Å². The molecule has 0 radical (unpaired) electrons. The normalized spacial score (nSPS) is 17.6. The third-order valence-corrected chi connectivity index (χ3v) is 6.50. The molecule has 3 aromatic rings. The lowest BCUT2D eigenvalue weighted by Crippen LogP contribution is -2.45. The van der Waals surface area contributed by atoms with Crippen LogP contribution in [0.5, 0.6) is 5.75 Å². The number of nitrogens with one attached hydrogen (secondary N) is 1. The van der Waals surface area contributed by atoms with Crippen molar-refractivity contribution >= 4 is 16.9 Å². The predicted octanol–water partition coefficient (Wildman–Crippen LogP) is 4.53. The zero-order chi connectivity index (χ0) is 26.9. The van der Waals surface area contributed by atoms with Gasteiger partial charge in [0, 0.05) is 35.9 Å². The van der Waals surface area contributed by atoms with Gasteiger partial charge in [-0.25, -0.2) is 13.6 Å². The highest BCUT2D eigenvalue weighted by Gasteiger charge is 2.37. The van der Waals surface area contributed by atoms with Crippen molar-refractivity contribution in [2.24, 2.45) is 0 Å². The Bertz CT molecular complexity index is 1170. The molecular weight excluding hydrogens is 496 g/mol. The third-order valence-electron chi connectivity index (χ3n) is 6.50.